The van der Waals surface area contributed by atoms with Crippen molar-refractivity contribution in [1.82, 2.24) is 0 Å². The summed E-state index contributed by atoms with van der Waals surface area (Å²) >= 11 is 0. The molecule has 0 fully saturated rings. The summed E-state index contributed by atoms with van der Waals surface area (Å²) in [5.41, 5.74) is 3.24. The van der Waals surface area contributed by atoms with Crippen LogP contribution in [0.2, 0.25) is 0 Å². The monoisotopic (exact) mass is 252 g/mol. The summed E-state index contributed by atoms with van der Waals surface area (Å²) < 4.78 is 0. The molecule has 0 atom stereocenters. The fourth-order valence-electron chi connectivity index (χ4n) is 1.77. The van der Waals surface area contributed by atoms with E-state index in [0.717, 1.165) is 16.9 Å². The van der Waals surface area contributed by atoms with Gasteiger partial charge in [-0.05, 0) is 42.8 Å². The van der Waals surface area contributed by atoms with Crippen molar-refractivity contribution in [3.8, 4) is 6.07 Å². The van der Waals surface area contributed by atoms with Crippen LogP contribution in [0, 0.1) is 18.3 Å². The molecule has 0 bridgehead atoms. The lowest BCUT2D eigenvalue weighted by atomic mass is 10.1. The first-order chi connectivity index (χ1) is 9.11. The second-order valence-electron chi connectivity index (χ2n) is 4.12. The number of anilines is 2. The summed E-state index contributed by atoms with van der Waals surface area (Å²) in [6, 6.07) is 14.0. The molecule has 0 unspecified atom stereocenters. The smallest absolute Gasteiger partial charge is 0.335 e. The van der Waals surface area contributed by atoms with Crippen molar-refractivity contribution in [2.75, 3.05) is 5.32 Å². The summed E-state index contributed by atoms with van der Waals surface area (Å²) in [4.78, 5) is 10.8. The highest BCUT2D eigenvalue weighted by Crippen LogP contribution is 2.24. The average Bonchev–Trinajstić information content (AvgIpc) is 2.41. The normalized spacial score (nSPS) is 9.68. The number of benzene rings is 2. The quantitative estimate of drug-likeness (QED) is 0.878. The Morgan fingerprint density at radius 2 is 1.89 bits per heavy atom. The minimum Gasteiger partial charge on any atom is -0.478 e. The van der Waals surface area contributed by atoms with Gasteiger partial charge in [0, 0.05) is 5.69 Å². The zero-order valence-electron chi connectivity index (χ0n) is 10.3. The van der Waals surface area contributed by atoms with E-state index in [-0.39, 0.29) is 5.56 Å². The molecule has 19 heavy (non-hydrogen) atoms. The molecular formula is C15H12N2O2. The third-order valence-electron chi connectivity index (χ3n) is 2.79. The SMILES string of the molecule is Cc1cccc(C#N)c1Nc1ccc(C(=O)O)cc1. The molecule has 94 valence electrons. The molecule has 0 aromatic heterocycles. The van der Waals surface area contributed by atoms with Crippen molar-refractivity contribution < 1.29 is 9.90 Å². The van der Waals surface area contributed by atoms with Crippen LogP contribution in [0.4, 0.5) is 11.4 Å². The van der Waals surface area contributed by atoms with Crippen molar-refractivity contribution in [1.29, 1.82) is 5.26 Å². The van der Waals surface area contributed by atoms with Gasteiger partial charge in [-0.25, -0.2) is 4.79 Å². The van der Waals surface area contributed by atoms with E-state index in [2.05, 4.69) is 11.4 Å². The Labute approximate surface area is 110 Å². The van der Waals surface area contributed by atoms with Gasteiger partial charge in [-0.15, -0.1) is 0 Å². The molecule has 0 saturated carbocycles. The first-order valence-electron chi connectivity index (χ1n) is 5.72. The van der Waals surface area contributed by atoms with Crippen LogP contribution in [0.15, 0.2) is 42.5 Å². The van der Waals surface area contributed by atoms with Crippen molar-refractivity contribution in [3.63, 3.8) is 0 Å². The van der Waals surface area contributed by atoms with Crippen LogP contribution in [0.1, 0.15) is 21.5 Å². The van der Waals surface area contributed by atoms with E-state index < -0.39 is 5.97 Å². The summed E-state index contributed by atoms with van der Waals surface area (Å²) in [6.07, 6.45) is 0. The first kappa shape index (κ1) is 12.7. The molecule has 0 aliphatic rings. The van der Waals surface area contributed by atoms with Crippen LogP contribution >= 0.6 is 0 Å². The number of hydrogen-bond donors (Lipinski definition) is 2. The van der Waals surface area contributed by atoms with Gasteiger partial charge in [0.15, 0.2) is 0 Å². The number of carboxylic acids is 1. The fraction of sp³-hybridized carbons (Fsp3) is 0.0667. The van der Waals surface area contributed by atoms with Crippen LogP contribution < -0.4 is 5.32 Å². The molecule has 4 nitrogen and oxygen atoms in total. The van der Waals surface area contributed by atoms with E-state index in [1.54, 1.807) is 18.2 Å². The topological polar surface area (TPSA) is 73.1 Å². The van der Waals surface area contributed by atoms with Crippen molar-refractivity contribution in [2.24, 2.45) is 0 Å². The van der Waals surface area contributed by atoms with Gasteiger partial charge in [0.1, 0.15) is 6.07 Å². The van der Waals surface area contributed by atoms with Gasteiger partial charge in [0.05, 0.1) is 16.8 Å². The first-order valence-corrected chi connectivity index (χ1v) is 5.72. The Hall–Kier alpha value is -2.80. The lowest BCUT2D eigenvalue weighted by Gasteiger charge is -2.11. The number of aromatic carboxylic acids is 1. The molecule has 2 aromatic rings. The lowest BCUT2D eigenvalue weighted by Crippen LogP contribution is -1.98. The number of nitriles is 1. The molecule has 0 aliphatic carbocycles. The van der Waals surface area contributed by atoms with Gasteiger partial charge in [0.25, 0.3) is 0 Å². The number of aryl methyl sites for hydroxylation is 1. The van der Waals surface area contributed by atoms with E-state index in [4.69, 9.17) is 10.4 Å². The Morgan fingerprint density at radius 1 is 1.21 bits per heavy atom. The zero-order valence-corrected chi connectivity index (χ0v) is 10.3. The number of nitrogens with one attached hydrogen (secondary N) is 1. The highest BCUT2D eigenvalue weighted by molar-refractivity contribution is 5.88. The summed E-state index contributed by atoms with van der Waals surface area (Å²) in [5, 5.41) is 21.0. The molecule has 4 heteroatoms. The van der Waals surface area contributed by atoms with Gasteiger partial charge in [-0.2, -0.15) is 5.26 Å². The Morgan fingerprint density at radius 3 is 2.47 bits per heavy atom. The Bertz CT molecular complexity index is 655. The van der Waals surface area contributed by atoms with E-state index >= 15 is 0 Å². The highest BCUT2D eigenvalue weighted by atomic mass is 16.4. The van der Waals surface area contributed by atoms with E-state index in [0.29, 0.717) is 5.56 Å². The summed E-state index contributed by atoms with van der Waals surface area (Å²) in [7, 11) is 0. The van der Waals surface area contributed by atoms with E-state index in [1.165, 1.54) is 12.1 Å². The molecule has 0 radical (unpaired) electrons. The molecule has 0 spiro atoms. The maximum absolute atomic E-state index is 10.8. The van der Waals surface area contributed by atoms with Crippen molar-refractivity contribution in [2.45, 2.75) is 6.92 Å². The second-order valence-corrected chi connectivity index (χ2v) is 4.12. The Balaban J connectivity index is 2.32. The number of para-hydroxylation sites is 1. The number of carbonyl (C=O) groups is 1. The molecule has 2 rings (SSSR count). The van der Waals surface area contributed by atoms with Gasteiger partial charge < -0.3 is 10.4 Å². The molecule has 2 aromatic carbocycles. The molecule has 2 N–H and O–H groups in total. The van der Waals surface area contributed by atoms with Crippen LogP contribution in [0.3, 0.4) is 0 Å². The van der Waals surface area contributed by atoms with Gasteiger partial charge >= 0.3 is 5.97 Å². The number of nitrogens with zero attached hydrogens (tertiary/aromatic N) is 1. The van der Waals surface area contributed by atoms with Gasteiger partial charge in [-0.3, -0.25) is 0 Å². The molecular weight excluding hydrogens is 240 g/mol. The highest BCUT2D eigenvalue weighted by Gasteiger charge is 2.06. The number of carboxylic acid groups (broad SMARTS) is 1. The van der Waals surface area contributed by atoms with Crippen LogP contribution in [-0.4, -0.2) is 11.1 Å². The summed E-state index contributed by atoms with van der Waals surface area (Å²) in [5.74, 6) is -0.958. The van der Waals surface area contributed by atoms with E-state index in [9.17, 15) is 4.79 Å². The van der Waals surface area contributed by atoms with Gasteiger partial charge in [-0.1, -0.05) is 12.1 Å². The fourth-order valence-corrected chi connectivity index (χ4v) is 1.77. The predicted octanol–water partition coefficient (Wildman–Crippen LogP) is 3.31. The number of hydrogen-bond acceptors (Lipinski definition) is 3. The van der Waals surface area contributed by atoms with E-state index in [1.807, 2.05) is 19.1 Å². The minimum absolute atomic E-state index is 0.232. The van der Waals surface area contributed by atoms with Crippen LogP contribution in [0.5, 0.6) is 0 Å². The van der Waals surface area contributed by atoms with Crippen molar-refractivity contribution in [3.05, 3.63) is 59.2 Å². The van der Waals surface area contributed by atoms with Crippen LogP contribution in [0.25, 0.3) is 0 Å². The van der Waals surface area contributed by atoms with Crippen molar-refractivity contribution >= 4 is 17.3 Å². The Kier molecular flexibility index (Phi) is 3.48. The molecule has 0 heterocycles. The molecule has 0 amide bonds. The van der Waals surface area contributed by atoms with Crippen LogP contribution in [-0.2, 0) is 0 Å². The maximum Gasteiger partial charge on any atom is 0.335 e. The molecule has 0 aliphatic heterocycles. The zero-order chi connectivity index (χ0) is 13.8. The molecule has 0 saturated heterocycles. The largest absolute Gasteiger partial charge is 0.478 e. The standard InChI is InChI=1S/C15H12N2O2/c1-10-3-2-4-12(9-16)14(10)17-13-7-5-11(6-8-13)15(18)19/h2-8,17H,1H3,(H,18,19). The third kappa shape index (κ3) is 2.72. The minimum atomic E-state index is -0.958. The number of rotatable bonds is 3. The third-order valence-corrected chi connectivity index (χ3v) is 2.79. The van der Waals surface area contributed by atoms with Gasteiger partial charge in [0.2, 0.25) is 0 Å². The second kappa shape index (κ2) is 5.23. The average molecular weight is 252 g/mol. The lowest BCUT2D eigenvalue weighted by molar-refractivity contribution is 0.0697. The maximum atomic E-state index is 10.8. The predicted molar refractivity (Wildman–Crippen MR) is 72.6 cm³/mol. The summed E-state index contributed by atoms with van der Waals surface area (Å²) in [6.45, 7) is 1.91.